The third-order valence-electron chi connectivity index (χ3n) is 6.76. The first-order chi connectivity index (χ1) is 19.5. The second kappa shape index (κ2) is 10.6. The lowest BCUT2D eigenvalue weighted by Crippen LogP contribution is -2.11. The molecule has 0 saturated heterocycles. The van der Waals surface area contributed by atoms with Gasteiger partial charge in [-0.2, -0.15) is 0 Å². The summed E-state index contributed by atoms with van der Waals surface area (Å²) in [5, 5.41) is 13.9. The molecule has 5 aromatic carbocycles. The van der Waals surface area contributed by atoms with Gasteiger partial charge in [-0.25, -0.2) is 9.37 Å². The zero-order valence-corrected chi connectivity index (χ0v) is 21.8. The van der Waals surface area contributed by atoms with Gasteiger partial charge in [0.25, 0.3) is 5.69 Å². The van der Waals surface area contributed by atoms with Crippen LogP contribution in [0.15, 0.2) is 128 Å². The van der Waals surface area contributed by atoms with Crippen LogP contribution in [-0.2, 0) is 0 Å². The molecule has 0 N–H and O–H groups in total. The summed E-state index contributed by atoms with van der Waals surface area (Å²) >= 11 is 6.06. The number of anilines is 3. The summed E-state index contributed by atoms with van der Waals surface area (Å²) in [5.41, 5.74) is 4.73. The molecule has 5 nitrogen and oxygen atoms in total. The van der Waals surface area contributed by atoms with Crippen LogP contribution in [-0.4, -0.2) is 9.91 Å². The van der Waals surface area contributed by atoms with Gasteiger partial charge in [0.1, 0.15) is 11.6 Å². The predicted molar refractivity (Wildman–Crippen MR) is 159 cm³/mol. The van der Waals surface area contributed by atoms with Gasteiger partial charge >= 0.3 is 0 Å². The lowest BCUT2D eigenvalue weighted by Gasteiger charge is -2.24. The van der Waals surface area contributed by atoms with Crippen LogP contribution in [0, 0.1) is 15.9 Å². The largest absolute Gasteiger partial charge is 0.295 e. The van der Waals surface area contributed by atoms with E-state index in [9.17, 15) is 14.5 Å². The maximum atomic E-state index is 13.7. The van der Waals surface area contributed by atoms with E-state index in [1.807, 2.05) is 83.8 Å². The zero-order chi connectivity index (χ0) is 27.6. The maximum absolute atomic E-state index is 13.7. The standard InChI is InChI=1S/C33H21ClFN3O2/c34-23-11-16-31(32(20-23)38(39)40)30-18-17-27(28-8-4-5-9-29(28)30)22-10-19-33(36-21-22)37(25-6-2-1-3-7-25)26-14-12-24(35)13-15-26/h1-21H. The zero-order valence-electron chi connectivity index (χ0n) is 21.0. The minimum atomic E-state index is -0.411. The van der Waals surface area contributed by atoms with E-state index in [4.69, 9.17) is 16.6 Å². The van der Waals surface area contributed by atoms with Gasteiger partial charge in [0.05, 0.1) is 10.5 Å². The van der Waals surface area contributed by atoms with Crippen LogP contribution in [0.25, 0.3) is 33.0 Å². The van der Waals surface area contributed by atoms with Crippen molar-refractivity contribution in [2.24, 2.45) is 0 Å². The third kappa shape index (κ3) is 4.77. The van der Waals surface area contributed by atoms with Gasteiger partial charge in [0, 0.05) is 34.2 Å². The van der Waals surface area contributed by atoms with Crippen molar-refractivity contribution < 1.29 is 9.31 Å². The Kier molecular flexibility index (Phi) is 6.68. The molecular formula is C33H21ClFN3O2. The van der Waals surface area contributed by atoms with E-state index in [2.05, 4.69) is 0 Å². The Morgan fingerprint density at radius 2 is 1.32 bits per heavy atom. The van der Waals surface area contributed by atoms with Crippen LogP contribution in [0.5, 0.6) is 0 Å². The Morgan fingerprint density at radius 3 is 2.00 bits per heavy atom. The third-order valence-corrected chi connectivity index (χ3v) is 6.99. The molecule has 0 aliphatic carbocycles. The molecule has 0 spiro atoms. The van der Waals surface area contributed by atoms with Crippen molar-refractivity contribution in [2.75, 3.05) is 4.90 Å². The number of para-hydroxylation sites is 1. The van der Waals surface area contributed by atoms with E-state index in [0.717, 1.165) is 38.8 Å². The summed E-state index contributed by atoms with van der Waals surface area (Å²) in [4.78, 5) is 18.1. The molecule has 7 heteroatoms. The summed E-state index contributed by atoms with van der Waals surface area (Å²) in [5.74, 6) is 0.374. The summed E-state index contributed by atoms with van der Waals surface area (Å²) in [7, 11) is 0. The molecule has 0 unspecified atom stereocenters. The lowest BCUT2D eigenvalue weighted by atomic mass is 9.92. The Morgan fingerprint density at radius 1 is 0.700 bits per heavy atom. The molecular weight excluding hydrogens is 525 g/mol. The van der Waals surface area contributed by atoms with Crippen molar-refractivity contribution in [3.05, 3.63) is 148 Å². The Hall–Kier alpha value is -5.07. The second-order valence-corrected chi connectivity index (χ2v) is 9.61. The monoisotopic (exact) mass is 545 g/mol. The Balaban J connectivity index is 1.44. The smallest absolute Gasteiger partial charge is 0.278 e. The van der Waals surface area contributed by atoms with Crippen LogP contribution in [0.1, 0.15) is 0 Å². The quantitative estimate of drug-likeness (QED) is 0.154. The van der Waals surface area contributed by atoms with E-state index in [1.54, 1.807) is 30.5 Å². The molecule has 0 fully saturated rings. The topological polar surface area (TPSA) is 59.3 Å². The van der Waals surface area contributed by atoms with Crippen molar-refractivity contribution in [1.82, 2.24) is 4.98 Å². The molecule has 0 aliphatic heterocycles. The first-order valence-corrected chi connectivity index (χ1v) is 12.9. The molecule has 6 rings (SSSR count). The van der Waals surface area contributed by atoms with Crippen molar-refractivity contribution in [3.63, 3.8) is 0 Å². The number of halogens is 2. The fourth-order valence-electron chi connectivity index (χ4n) is 4.93. The number of hydrogen-bond acceptors (Lipinski definition) is 4. The maximum Gasteiger partial charge on any atom is 0.278 e. The minimum absolute atomic E-state index is 0.0433. The van der Waals surface area contributed by atoms with Gasteiger partial charge in [-0.15, -0.1) is 0 Å². The fourth-order valence-corrected chi connectivity index (χ4v) is 5.09. The summed E-state index contributed by atoms with van der Waals surface area (Å²) in [6, 6.07) is 36.4. The van der Waals surface area contributed by atoms with Crippen molar-refractivity contribution in [1.29, 1.82) is 0 Å². The summed E-state index contributed by atoms with van der Waals surface area (Å²) in [6.45, 7) is 0. The number of hydrogen-bond donors (Lipinski definition) is 0. The first-order valence-electron chi connectivity index (χ1n) is 12.5. The van der Waals surface area contributed by atoms with Gasteiger partial charge in [0.2, 0.25) is 0 Å². The highest BCUT2D eigenvalue weighted by atomic mass is 35.5. The Bertz CT molecular complexity index is 1840. The molecule has 40 heavy (non-hydrogen) atoms. The summed E-state index contributed by atoms with van der Waals surface area (Å²) in [6.07, 6.45) is 1.81. The van der Waals surface area contributed by atoms with Gasteiger partial charge in [-0.1, -0.05) is 66.2 Å². The Labute approximate surface area is 234 Å². The predicted octanol–water partition coefficient (Wildman–Crippen LogP) is 9.74. The lowest BCUT2D eigenvalue weighted by molar-refractivity contribution is -0.384. The van der Waals surface area contributed by atoms with Gasteiger partial charge < -0.3 is 0 Å². The van der Waals surface area contributed by atoms with E-state index in [0.29, 0.717) is 16.4 Å². The van der Waals surface area contributed by atoms with Crippen LogP contribution in [0.2, 0.25) is 5.02 Å². The number of nitrogens with zero attached hydrogens (tertiary/aromatic N) is 3. The van der Waals surface area contributed by atoms with Crippen LogP contribution < -0.4 is 4.90 Å². The molecule has 1 aromatic heterocycles. The molecule has 6 aromatic rings. The van der Waals surface area contributed by atoms with Crippen molar-refractivity contribution >= 4 is 45.3 Å². The number of rotatable bonds is 6. The van der Waals surface area contributed by atoms with Crippen molar-refractivity contribution in [2.45, 2.75) is 0 Å². The van der Waals surface area contributed by atoms with Crippen LogP contribution >= 0.6 is 11.6 Å². The highest BCUT2D eigenvalue weighted by Crippen LogP contribution is 2.40. The molecule has 0 atom stereocenters. The van der Waals surface area contributed by atoms with Gasteiger partial charge in [-0.05, 0) is 82.6 Å². The highest BCUT2D eigenvalue weighted by molar-refractivity contribution is 6.31. The number of nitro benzene ring substituents is 1. The normalized spacial score (nSPS) is 10.9. The van der Waals surface area contributed by atoms with E-state index >= 15 is 0 Å². The minimum Gasteiger partial charge on any atom is -0.295 e. The number of nitro groups is 1. The number of aromatic nitrogens is 1. The fraction of sp³-hybridized carbons (Fsp3) is 0. The molecule has 0 bridgehead atoms. The van der Waals surface area contributed by atoms with Crippen LogP contribution in [0.4, 0.5) is 27.3 Å². The number of pyridine rings is 1. The molecule has 0 aliphatic rings. The summed E-state index contributed by atoms with van der Waals surface area (Å²) < 4.78 is 13.7. The second-order valence-electron chi connectivity index (χ2n) is 9.18. The molecule has 1 heterocycles. The molecule has 0 saturated carbocycles. The van der Waals surface area contributed by atoms with E-state index in [-0.39, 0.29) is 11.5 Å². The van der Waals surface area contributed by atoms with Crippen molar-refractivity contribution in [3.8, 4) is 22.3 Å². The highest BCUT2D eigenvalue weighted by Gasteiger charge is 2.19. The average Bonchev–Trinajstić information content (AvgIpc) is 2.99. The molecule has 0 amide bonds. The number of fused-ring (bicyclic) bond motifs is 1. The van der Waals surface area contributed by atoms with Gasteiger partial charge in [-0.3, -0.25) is 15.0 Å². The number of benzene rings is 5. The SMILES string of the molecule is O=[N+]([O-])c1cc(Cl)ccc1-c1ccc(-c2ccc(N(c3ccccc3)c3ccc(F)cc3)nc2)c2ccccc12. The molecule has 0 radical (unpaired) electrons. The average molecular weight is 546 g/mol. The van der Waals surface area contributed by atoms with E-state index < -0.39 is 4.92 Å². The van der Waals surface area contributed by atoms with E-state index in [1.165, 1.54) is 18.2 Å². The van der Waals surface area contributed by atoms with Gasteiger partial charge in [0.15, 0.2) is 0 Å². The first kappa shape index (κ1) is 25.2. The molecule has 194 valence electrons. The van der Waals surface area contributed by atoms with Crippen LogP contribution in [0.3, 0.4) is 0 Å².